The van der Waals surface area contributed by atoms with Crippen LogP contribution in [0.5, 0.6) is 0 Å². The van der Waals surface area contributed by atoms with Crippen LogP contribution in [0, 0.1) is 12.8 Å². The fourth-order valence-corrected chi connectivity index (χ4v) is 2.68. The van der Waals surface area contributed by atoms with Gasteiger partial charge in [-0.1, -0.05) is 24.3 Å². The summed E-state index contributed by atoms with van der Waals surface area (Å²) in [5.74, 6) is -0.0659. The number of nitrogens with zero attached hydrogens (tertiary/aromatic N) is 1. The van der Waals surface area contributed by atoms with Gasteiger partial charge in [-0.05, 0) is 31.7 Å². The van der Waals surface area contributed by atoms with Gasteiger partial charge in [0.1, 0.15) is 0 Å². The Balaban J connectivity index is 0.00000180. The van der Waals surface area contributed by atoms with E-state index in [1.54, 1.807) is 0 Å². The number of carbonyl (C=O) groups is 1. The van der Waals surface area contributed by atoms with Crippen molar-refractivity contribution in [2.45, 2.75) is 13.8 Å². The topological polar surface area (TPSA) is 54.0 Å². The molecule has 2 aromatic rings. The molecule has 1 amide bonds. The maximum atomic E-state index is 11.9. The van der Waals surface area contributed by atoms with E-state index in [1.807, 2.05) is 33.0 Å². The molecule has 0 aliphatic rings. The third-order valence-corrected chi connectivity index (χ3v) is 3.67. The quantitative estimate of drug-likeness (QED) is 0.913. The molecule has 0 spiro atoms. The van der Waals surface area contributed by atoms with Gasteiger partial charge in [-0.2, -0.15) is 0 Å². The second kappa shape index (κ2) is 6.84. The normalized spacial score (nSPS) is 11.9. The lowest BCUT2D eigenvalue weighted by Gasteiger charge is -2.08. The Kier molecular flexibility index (Phi) is 5.72. The Morgan fingerprint density at radius 2 is 2.21 bits per heavy atom. The zero-order valence-electron chi connectivity index (χ0n) is 11.2. The molecule has 0 bridgehead atoms. The highest BCUT2D eigenvalue weighted by Gasteiger charge is 2.14. The van der Waals surface area contributed by atoms with Gasteiger partial charge in [-0.25, -0.2) is 4.98 Å². The van der Waals surface area contributed by atoms with Gasteiger partial charge in [0, 0.05) is 12.5 Å². The second-order valence-corrected chi connectivity index (χ2v) is 5.47. The highest BCUT2D eigenvalue weighted by atomic mass is 35.5. The summed E-state index contributed by atoms with van der Waals surface area (Å²) in [7, 11) is 1.84. The Bertz CT molecular complexity index is 570. The first-order valence-corrected chi connectivity index (χ1v) is 6.74. The molecule has 1 unspecified atom stereocenters. The number of benzene rings is 1. The molecule has 4 nitrogen and oxygen atoms in total. The highest BCUT2D eigenvalue weighted by Crippen LogP contribution is 2.26. The first kappa shape index (κ1) is 15.9. The van der Waals surface area contributed by atoms with Crippen molar-refractivity contribution in [3.8, 4) is 0 Å². The van der Waals surface area contributed by atoms with Gasteiger partial charge in [0.2, 0.25) is 5.91 Å². The predicted octanol–water partition coefficient (Wildman–Crippen LogP) is 2.82. The largest absolute Gasteiger partial charge is 0.319 e. The summed E-state index contributed by atoms with van der Waals surface area (Å²) >= 11 is 1.51. The minimum Gasteiger partial charge on any atom is -0.319 e. The lowest BCUT2D eigenvalue weighted by atomic mass is 10.2. The third kappa shape index (κ3) is 3.89. The first-order valence-electron chi connectivity index (χ1n) is 5.93. The van der Waals surface area contributed by atoms with Gasteiger partial charge in [0.15, 0.2) is 5.13 Å². The van der Waals surface area contributed by atoms with Crippen molar-refractivity contribution in [3.63, 3.8) is 0 Å². The molecule has 1 aromatic heterocycles. The van der Waals surface area contributed by atoms with Gasteiger partial charge < -0.3 is 10.6 Å². The zero-order valence-corrected chi connectivity index (χ0v) is 12.8. The average Bonchev–Trinajstić information content (AvgIpc) is 2.70. The average molecular weight is 300 g/mol. The number of hydrogen-bond acceptors (Lipinski definition) is 4. The van der Waals surface area contributed by atoms with Crippen molar-refractivity contribution in [3.05, 3.63) is 23.8 Å². The molecule has 2 rings (SSSR count). The van der Waals surface area contributed by atoms with Crippen LogP contribution in [0.15, 0.2) is 18.2 Å². The second-order valence-electron chi connectivity index (χ2n) is 4.44. The van der Waals surface area contributed by atoms with Crippen molar-refractivity contribution < 1.29 is 4.79 Å². The van der Waals surface area contributed by atoms with E-state index in [0.29, 0.717) is 11.7 Å². The van der Waals surface area contributed by atoms with E-state index in [9.17, 15) is 4.79 Å². The number of carbonyl (C=O) groups excluding carboxylic acids is 1. The van der Waals surface area contributed by atoms with Crippen LogP contribution in [0.2, 0.25) is 0 Å². The molecule has 1 atom stereocenters. The highest BCUT2D eigenvalue weighted by molar-refractivity contribution is 7.22. The predicted molar refractivity (Wildman–Crippen MR) is 83.3 cm³/mol. The minimum absolute atomic E-state index is 0. The summed E-state index contributed by atoms with van der Waals surface area (Å²) in [6.45, 7) is 4.60. The van der Waals surface area contributed by atoms with E-state index in [2.05, 4.69) is 21.7 Å². The van der Waals surface area contributed by atoms with E-state index in [4.69, 9.17) is 0 Å². The SMILES string of the molecule is CNCC(C)C(=O)Nc1nc2ccc(C)cc2s1.Cl. The van der Waals surface area contributed by atoms with Crippen LogP contribution in [0.25, 0.3) is 10.2 Å². The molecule has 104 valence electrons. The minimum atomic E-state index is -0.0660. The van der Waals surface area contributed by atoms with Crippen LogP contribution in [-0.2, 0) is 4.79 Å². The summed E-state index contributed by atoms with van der Waals surface area (Å²) in [4.78, 5) is 16.3. The maximum Gasteiger partial charge on any atom is 0.230 e. The molecule has 0 aliphatic heterocycles. The molecule has 0 radical (unpaired) electrons. The summed E-state index contributed by atoms with van der Waals surface area (Å²) in [6.07, 6.45) is 0. The fraction of sp³-hybridized carbons (Fsp3) is 0.385. The van der Waals surface area contributed by atoms with Gasteiger partial charge in [0.25, 0.3) is 0 Å². The van der Waals surface area contributed by atoms with Gasteiger partial charge in [-0.15, -0.1) is 12.4 Å². The van der Waals surface area contributed by atoms with Crippen molar-refractivity contribution in [1.82, 2.24) is 10.3 Å². The first-order chi connectivity index (χ1) is 8.60. The summed E-state index contributed by atoms with van der Waals surface area (Å²) in [5, 5.41) is 6.52. The zero-order chi connectivity index (χ0) is 13.1. The number of hydrogen-bond donors (Lipinski definition) is 2. The summed E-state index contributed by atoms with van der Waals surface area (Å²) in [5.41, 5.74) is 2.13. The van der Waals surface area contributed by atoms with Crippen LogP contribution in [0.4, 0.5) is 5.13 Å². The molecule has 0 aliphatic carbocycles. The lowest BCUT2D eigenvalue weighted by Crippen LogP contribution is -2.28. The molecule has 1 heterocycles. The fourth-order valence-electron chi connectivity index (χ4n) is 1.71. The summed E-state index contributed by atoms with van der Waals surface area (Å²) < 4.78 is 1.10. The molecular weight excluding hydrogens is 282 g/mol. The Morgan fingerprint density at radius 3 is 2.89 bits per heavy atom. The number of nitrogens with one attached hydrogen (secondary N) is 2. The standard InChI is InChI=1S/C13H17N3OS.ClH/c1-8-4-5-10-11(6-8)18-13(15-10)16-12(17)9(2)7-14-3;/h4-6,9,14H,7H2,1-3H3,(H,15,16,17);1H. The van der Waals surface area contributed by atoms with E-state index >= 15 is 0 Å². The van der Waals surface area contributed by atoms with Crippen molar-refractivity contribution >= 4 is 45.0 Å². The van der Waals surface area contributed by atoms with E-state index in [0.717, 1.165) is 10.2 Å². The molecule has 6 heteroatoms. The van der Waals surface area contributed by atoms with Gasteiger partial charge >= 0.3 is 0 Å². The number of anilines is 1. The Hall–Kier alpha value is -1.17. The number of halogens is 1. The molecule has 19 heavy (non-hydrogen) atoms. The van der Waals surface area contributed by atoms with Crippen LogP contribution >= 0.6 is 23.7 Å². The smallest absolute Gasteiger partial charge is 0.230 e. The molecule has 0 saturated carbocycles. The molecule has 1 aromatic carbocycles. The Labute approximate surface area is 123 Å². The van der Waals surface area contributed by atoms with Crippen molar-refractivity contribution in [1.29, 1.82) is 0 Å². The monoisotopic (exact) mass is 299 g/mol. The van der Waals surface area contributed by atoms with Crippen molar-refractivity contribution in [2.75, 3.05) is 18.9 Å². The van der Waals surface area contributed by atoms with Crippen LogP contribution in [0.3, 0.4) is 0 Å². The lowest BCUT2D eigenvalue weighted by molar-refractivity contribution is -0.119. The molecule has 0 saturated heterocycles. The molecule has 0 fully saturated rings. The number of aromatic nitrogens is 1. The molecular formula is C13H18ClN3OS. The number of fused-ring (bicyclic) bond motifs is 1. The van der Waals surface area contributed by atoms with Crippen molar-refractivity contribution in [2.24, 2.45) is 5.92 Å². The number of thiazole rings is 1. The number of amides is 1. The number of rotatable bonds is 4. The Morgan fingerprint density at radius 1 is 1.47 bits per heavy atom. The van der Waals surface area contributed by atoms with Crippen LogP contribution in [0.1, 0.15) is 12.5 Å². The van der Waals surface area contributed by atoms with E-state index in [1.165, 1.54) is 16.9 Å². The summed E-state index contributed by atoms with van der Waals surface area (Å²) in [6, 6.07) is 6.09. The van der Waals surface area contributed by atoms with Crippen LogP contribution < -0.4 is 10.6 Å². The van der Waals surface area contributed by atoms with Crippen LogP contribution in [-0.4, -0.2) is 24.5 Å². The van der Waals surface area contributed by atoms with E-state index < -0.39 is 0 Å². The van der Waals surface area contributed by atoms with Gasteiger partial charge in [-0.3, -0.25) is 4.79 Å². The maximum absolute atomic E-state index is 11.9. The van der Waals surface area contributed by atoms with E-state index in [-0.39, 0.29) is 24.2 Å². The number of aryl methyl sites for hydroxylation is 1. The van der Waals surface area contributed by atoms with Gasteiger partial charge in [0.05, 0.1) is 10.2 Å². The molecule has 2 N–H and O–H groups in total. The third-order valence-electron chi connectivity index (χ3n) is 2.73.